The molecule has 2 aliphatic heterocycles. The van der Waals surface area contributed by atoms with Crippen LogP contribution in [-0.2, 0) is 19.8 Å². The van der Waals surface area contributed by atoms with Gasteiger partial charge in [-0.15, -0.1) is 0 Å². The lowest BCUT2D eigenvalue weighted by atomic mass is 9.72. The number of rotatable bonds is 0. The quantitative estimate of drug-likeness (QED) is 0.695. The van der Waals surface area contributed by atoms with Crippen LogP contribution in [0.4, 0.5) is 5.69 Å². The molecular formula is C14H14N2O3. The van der Waals surface area contributed by atoms with Gasteiger partial charge in [-0.25, -0.2) is 0 Å². The standard InChI is InChI=1S/C14H14N2O3/c1-8-3-4-10-9(5-8)14(7-12(18)16(10)2)6-11(17)15-13(14)19/h3-5H,6-7H2,1-2H3,(H,15,17,19)/t14-/m0/s1. The topological polar surface area (TPSA) is 66.5 Å². The highest BCUT2D eigenvalue weighted by atomic mass is 16.2. The number of imide groups is 1. The summed E-state index contributed by atoms with van der Waals surface area (Å²) >= 11 is 0. The lowest BCUT2D eigenvalue weighted by Gasteiger charge is -2.36. The number of amides is 3. The smallest absolute Gasteiger partial charge is 0.238 e. The first kappa shape index (κ1) is 11.9. The van der Waals surface area contributed by atoms with Gasteiger partial charge in [-0.1, -0.05) is 17.7 Å². The molecule has 0 saturated carbocycles. The number of anilines is 1. The molecule has 2 aliphatic rings. The van der Waals surface area contributed by atoms with Crippen LogP contribution in [0, 0.1) is 6.92 Å². The molecule has 2 heterocycles. The van der Waals surface area contributed by atoms with Crippen LogP contribution in [0.1, 0.15) is 24.0 Å². The van der Waals surface area contributed by atoms with E-state index in [1.807, 2.05) is 25.1 Å². The van der Waals surface area contributed by atoms with Gasteiger partial charge in [0.05, 0.1) is 5.41 Å². The predicted molar refractivity (Wildman–Crippen MR) is 68.7 cm³/mol. The first-order valence-electron chi connectivity index (χ1n) is 6.16. The fourth-order valence-electron chi connectivity index (χ4n) is 2.94. The predicted octanol–water partition coefficient (Wildman–Crippen LogP) is 0.646. The summed E-state index contributed by atoms with van der Waals surface area (Å²) in [5.74, 6) is -0.804. The van der Waals surface area contributed by atoms with E-state index in [0.717, 1.165) is 11.1 Å². The van der Waals surface area contributed by atoms with E-state index in [0.29, 0.717) is 5.69 Å². The van der Waals surface area contributed by atoms with Gasteiger partial charge in [-0.3, -0.25) is 19.7 Å². The van der Waals surface area contributed by atoms with Crippen molar-refractivity contribution in [2.75, 3.05) is 11.9 Å². The molecule has 5 heteroatoms. The van der Waals surface area contributed by atoms with Gasteiger partial charge in [0.25, 0.3) is 0 Å². The fraction of sp³-hybridized carbons (Fsp3) is 0.357. The highest BCUT2D eigenvalue weighted by molar-refractivity contribution is 6.14. The molecule has 3 amide bonds. The zero-order chi connectivity index (χ0) is 13.8. The van der Waals surface area contributed by atoms with Crippen molar-refractivity contribution in [2.45, 2.75) is 25.2 Å². The molecule has 5 nitrogen and oxygen atoms in total. The highest BCUT2D eigenvalue weighted by Crippen LogP contribution is 2.45. The van der Waals surface area contributed by atoms with Crippen LogP contribution >= 0.6 is 0 Å². The van der Waals surface area contributed by atoms with E-state index in [2.05, 4.69) is 5.32 Å². The molecule has 1 aromatic rings. The number of nitrogens with one attached hydrogen (secondary N) is 1. The molecule has 0 radical (unpaired) electrons. The van der Waals surface area contributed by atoms with E-state index in [-0.39, 0.29) is 30.6 Å². The molecule has 0 bridgehead atoms. The third-order valence-electron chi connectivity index (χ3n) is 4.01. The molecule has 1 aromatic carbocycles. The molecule has 98 valence electrons. The summed E-state index contributed by atoms with van der Waals surface area (Å²) < 4.78 is 0. The van der Waals surface area contributed by atoms with Crippen molar-refractivity contribution < 1.29 is 14.4 Å². The SMILES string of the molecule is Cc1ccc2c(c1)[C@]1(CC(=O)NC1=O)CC(=O)N2C. The van der Waals surface area contributed by atoms with Crippen molar-refractivity contribution >= 4 is 23.4 Å². The monoisotopic (exact) mass is 258 g/mol. The second-order valence-corrected chi connectivity index (χ2v) is 5.29. The first-order chi connectivity index (χ1) is 8.94. The Morgan fingerprint density at radius 1 is 1.21 bits per heavy atom. The molecule has 1 fully saturated rings. The van der Waals surface area contributed by atoms with Crippen LogP contribution in [0.2, 0.25) is 0 Å². The lowest BCUT2D eigenvalue weighted by Crippen LogP contribution is -2.46. The molecular weight excluding hydrogens is 244 g/mol. The average Bonchev–Trinajstić information content (AvgIpc) is 2.62. The van der Waals surface area contributed by atoms with Gasteiger partial charge in [0.2, 0.25) is 17.7 Å². The van der Waals surface area contributed by atoms with Gasteiger partial charge in [-0.05, 0) is 18.6 Å². The van der Waals surface area contributed by atoms with Crippen LogP contribution in [0.5, 0.6) is 0 Å². The van der Waals surface area contributed by atoms with Crippen molar-refractivity contribution in [2.24, 2.45) is 0 Å². The van der Waals surface area contributed by atoms with Crippen LogP contribution in [0.25, 0.3) is 0 Å². The highest BCUT2D eigenvalue weighted by Gasteiger charge is 2.53. The van der Waals surface area contributed by atoms with E-state index in [4.69, 9.17) is 0 Å². The third kappa shape index (κ3) is 1.51. The van der Waals surface area contributed by atoms with E-state index < -0.39 is 5.41 Å². The summed E-state index contributed by atoms with van der Waals surface area (Å²) in [5, 5.41) is 2.32. The molecule has 0 unspecified atom stereocenters. The Kier molecular flexibility index (Phi) is 2.29. The van der Waals surface area contributed by atoms with Gasteiger partial charge in [0, 0.05) is 25.6 Å². The minimum absolute atomic E-state index is 0.0531. The second kappa shape index (κ2) is 3.66. The van der Waals surface area contributed by atoms with E-state index >= 15 is 0 Å². The zero-order valence-corrected chi connectivity index (χ0v) is 10.8. The second-order valence-electron chi connectivity index (χ2n) is 5.29. The number of nitrogens with zero attached hydrogens (tertiary/aromatic N) is 1. The summed E-state index contributed by atoms with van der Waals surface area (Å²) in [4.78, 5) is 37.4. The number of carbonyl (C=O) groups is 3. The van der Waals surface area contributed by atoms with Crippen molar-refractivity contribution in [3.05, 3.63) is 29.3 Å². The van der Waals surface area contributed by atoms with Crippen molar-refractivity contribution in [3.8, 4) is 0 Å². The summed E-state index contributed by atoms with van der Waals surface area (Å²) in [6, 6.07) is 5.63. The van der Waals surface area contributed by atoms with Crippen LogP contribution < -0.4 is 10.2 Å². The summed E-state index contributed by atoms with van der Waals surface area (Å²) in [7, 11) is 1.69. The van der Waals surface area contributed by atoms with Gasteiger partial charge in [0.15, 0.2) is 0 Å². The van der Waals surface area contributed by atoms with Crippen molar-refractivity contribution in [1.29, 1.82) is 0 Å². The normalized spacial score (nSPS) is 25.8. The number of hydrogen-bond acceptors (Lipinski definition) is 3. The van der Waals surface area contributed by atoms with E-state index in [9.17, 15) is 14.4 Å². The van der Waals surface area contributed by atoms with Gasteiger partial charge in [-0.2, -0.15) is 0 Å². The minimum atomic E-state index is -1.01. The molecule has 19 heavy (non-hydrogen) atoms. The fourth-order valence-corrected chi connectivity index (χ4v) is 2.94. The molecule has 1 saturated heterocycles. The number of fused-ring (bicyclic) bond motifs is 2. The molecule has 3 rings (SSSR count). The first-order valence-corrected chi connectivity index (χ1v) is 6.16. The van der Waals surface area contributed by atoms with Gasteiger partial charge >= 0.3 is 0 Å². The Morgan fingerprint density at radius 3 is 2.58 bits per heavy atom. The Hall–Kier alpha value is -2.17. The number of carbonyl (C=O) groups excluding carboxylic acids is 3. The van der Waals surface area contributed by atoms with Crippen molar-refractivity contribution in [1.82, 2.24) is 5.32 Å². The minimum Gasteiger partial charge on any atom is -0.315 e. The Morgan fingerprint density at radius 2 is 1.95 bits per heavy atom. The summed E-state index contributed by atoms with van der Waals surface area (Å²) in [5.41, 5.74) is 1.49. The van der Waals surface area contributed by atoms with Gasteiger partial charge < -0.3 is 4.90 Å². The van der Waals surface area contributed by atoms with E-state index in [1.165, 1.54) is 0 Å². The van der Waals surface area contributed by atoms with Crippen LogP contribution in [0.15, 0.2) is 18.2 Å². The molecule has 0 aliphatic carbocycles. The molecule has 0 aromatic heterocycles. The Bertz CT molecular complexity index is 623. The van der Waals surface area contributed by atoms with Crippen LogP contribution in [0.3, 0.4) is 0 Å². The molecule has 1 atom stereocenters. The Balaban J connectivity index is 2.26. The maximum atomic E-state index is 12.2. The summed E-state index contributed by atoms with van der Waals surface area (Å²) in [6.45, 7) is 1.93. The maximum Gasteiger partial charge on any atom is 0.238 e. The summed E-state index contributed by atoms with van der Waals surface area (Å²) in [6.07, 6.45) is 0.111. The number of benzene rings is 1. The zero-order valence-electron chi connectivity index (χ0n) is 10.8. The third-order valence-corrected chi connectivity index (χ3v) is 4.01. The average molecular weight is 258 g/mol. The maximum absolute atomic E-state index is 12.2. The van der Waals surface area contributed by atoms with E-state index in [1.54, 1.807) is 11.9 Å². The largest absolute Gasteiger partial charge is 0.315 e. The Labute approximate surface area is 110 Å². The molecule has 1 spiro atoms. The van der Waals surface area contributed by atoms with Crippen molar-refractivity contribution in [3.63, 3.8) is 0 Å². The van der Waals surface area contributed by atoms with Crippen LogP contribution in [-0.4, -0.2) is 24.8 Å². The van der Waals surface area contributed by atoms with Gasteiger partial charge in [0.1, 0.15) is 0 Å². The molecule has 1 N–H and O–H groups in total. The number of aryl methyl sites for hydroxylation is 1. The lowest BCUT2D eigenvalue weighted by molar-refractivity contribution is -0.130. The number of hydrogen-bond donors (Lipinski definition) is 1.